The van der Waals surface area contributed by atoms with Gasteiger partial charge in [0, 0.05) is 44.9 Å². The van der Waals surface area contributed by atoms with Crippen LogP contribution in [0.15, 0.2) is 194 Å². The maximum Gasteiger partial charge on any atom is 0.145 e. The fourth-order valence-electron chi connectivity index (χ4n) is 9.96. The fourth-order valence-corrected chi connectivity index (χ4v) is 9.96. The van der Waals surface area contributed by atoms with Gasteiger partial charge in [0.25, 0.3) is 0 Å². The molecule has 11 rings (SSSR count). The van der Waals surface area contributed by atoms with Gasteiger partial charge in [0.1, 0.15) is 11.5 Å². The Morgan fingerprint density at radius 2 is 1.12 bits per heavy atom. The van der Waals surface area contributed by atoms with Gasteiger partial charge in [-0.25, -0.2) is 4.98 Å². The molecule has 2 aliphatic rings. The fraction of sp³-hybridized carbons (Fsp3) is 0.0755. The van der Waals surface area contributed by atoms with Crippen LogP contribution in [0.1, 0.15) is 40.8 Å². The molecule has 57 heavy (non-hydrogen) atoms. The molecule has 272 valence electrons. The van der Waals surface area contributed by atoms with Crippen molar-refractivity contribution in [3.8, 4) is 22.5 Å². The van der Waals surface area contributed by atoms with Gasteiger partial charge in [-0.1, -0.05) is 158 Å². The first-order valence-electron chi connectivity index (χ1n) is 19.8. The molecular weight excluding hydrogens is 693 g/mol. The van der Waals surface area contributed by atoms with Crippen molar-refractivity contribution < 1.29 is 0 Å². The van der Waals surface area contributed by atoms with Gasteiger partial charge in [-0.3, -0.25) is 9.13 Å². The maximum absolute atomic E-state index is 6.75. The number of hydrogen-bond acceptors (Lipinski definition) is 2. The first-order chi connectivity index (χ1) is 28.2. The molecule has 2 unspecified atom stereocenters. The molecule has 0 saturated heterocycles. The van der Waals surface area contributed by atoms with Crippen molar-refractivity contribution in [2.45, 2.75) is 18.3 Å². The molecule has 9 aromatic rings. The number of hydrogen-bond donors (Lipinski definition) is 1. The Morgan fingerprint density at radius 1 is 0.579 bits per heavy atom. The van der Waals surface area contributed by atoms with Crippen LogP contribution in [0.4, 0.5) is 5.82 Å². The summed E-state index contributed by atoms with van der Waals surface area (Å²) >= 11 is 0. The van der Waals surface area contributed by atoms with E-state index < -0.39 is 0 Å². The van der Waals surface area contributed by atoms with Crippen molar-refractivity contribution in [3.05, 3.63) is 222 Å². The summed E-state index contributed by atoms with van der Waals surface area (Å²) < 4.78 is 4.50. The molecule has 0 aliphatic heterocycles. The molecule has 0 saturated carbocycles. The van der Waals surface area contributed by atoms with E-state index in [9.17, 15) is 0 Å². The molecule has 3 aromatic heterocycles. The molecule has 0 amide bonds. The molecule has 4 nitrogen and oxygen atoms in total. The van der Waals surface area contributed by atoms with E-state index in [4.69, 9.17) is 10.7 Å². The lowest BCUT2D eigenvalue weighted by atomic mass is 9.63. The number of rotatable bonds is 6. The van der Waals surface area contributed by atoms with Gasteiger partial charge < -0.3 is 5.73 Å². The Hall–Kier alpha value is -7.17. The van der Waals surface area contributed by atoms with E-state index in [1.54, 1.807) is 0 Å². The summed E-state index contributed by atoms with van der Waals surface area (Å²) in [5.74, 6) is 1.07. The number of nitrogen functional groups attached to an aromatic ring is 1. The van der Waals surface area contributed by atoms with E-state index in [2.05, 4.69) is 203 Å². The van der Waals surface area contributed by atoms with Crippen molar-refractivity contribution in [1.82, 2.24) is 14.1 Å². The molecule has 3 heterocycles. The smallest absolute Gasteiger partial charge is 0.145 e. The molecule has 2 N–H and O–H groups in total. The lowest BCUT2D eigenvalue weighted by Crippen LogP contribution is -2.35. The predicted molar refractivity (Wildman–Crippen MR) is 237 cm³/mol. The number of fused-ring (bicyclic) bond motifs is 7. The second kappa shape index (κ2) is 13.0. The van der Waals surface area contributed by atoms with Gasteiger partial charge >= 0.3 is 0 Å². The van der Waals surface area contributed by atoms with Gasteiger partial charge in [-0.05, 0) is 77.2 Å². The van der Waals surface area contributed by atoms with Crippen LogP contribution in [0, 0.1) is 5.92 Å². The summed E-state index contributed by atoms with van der Waals surface area (Å²) in [7, 11) is 0. The highest BCUT2D eigenvalue weighted by Crippen LogP contribution is 2.59. The Kier molecular flexibility index (Phi) is 7.55. The third-order valence-corrected chi connectivity index (χ3v) is 12.4. The maximum atomic E-state index is 6.75. The number of para-hydroxylation sites is 2. The van der Waals surface area contributed by atoms with E-state index >= 15 is 0 Å². The summed E-state index contributed by atoms with van der Waals surface area (Å²) in [6.45, 7) is 2.03. The molecule has 0 spiro atoms. The van der Waals surface area contributed by atoms with Gasteiger partial charge in [0.05, 0.1) is 22.1 Å². The number of pyridine rings is 1. The SMILES string of the molecule is C/C=C\c1c(N)n(-c2ccc(-c3ccc(-n4c5ccccc5c5cc6c(nc54)C4C=CC=CC4C6(c4ccccc4)c4ccccc4)cc3)cc2)c2ccccc12. The van der Waals surface area contributed by atoms with Crippen molar-refractivity contribution in [2.75, 3.05) is 5.73 Å². The predicted octanol–water partition coefficient (Wildman–Crippen LogP) is 12.6. The Labute approximate surface area is 332 Å². The third-order valence-electron chi connectivity index (χ3n) is 12.4. The first kappa shape index (κ1) is 33.2. The van der Waals surface area contributed by atoms with E-state index in [1.807, 2.05) is 13.0 Å². The van der Waals surface area contributed by atoms with Crippen LogP contribution >= 0.6 is 0 Å². The Balaban J connectivity index is 1.04. The van der Waals surface area contributed by atoms with Crippen molar-refractivity contribution in [2.24, 2.45) is 5.92 Å². The monoisotopic (exact) mass is 732 g/mol. The van der Waals surface area contributed by atoms with E-state index in [0.717, 1.165) is 61.6 Å². The standard InChI is InChI=1S/C53H40N4/c1-2-15-43-41-20-10-13-24-48(41)56(51(43)54)39-30-26-35(27-31-39)36-28-32-40(33-29-36)57-49-25-14-11-21-42(49)45-34-47-50(55-52(45)57)44-22-9-12-23-46(44)53(47,37-16-5-3-6-17-37)38-18-7-4-8-19-38/h2-34,44,46H,54H2,1H3/b15-2-. The molecule has 6 aromatic carbocycles. The highest BCUT2D eigenvalue weighted by Gasteiger charge is 2.54. The molecule has 2 aliphatic carbocycles. The van der Waals surface area contributed by atoms with Crippen molar-refractivity contribution in [3.63, 3.8) is 0 Å². The van der Waals surface area contributed by atoms with Crippen LogP contribution in [0.25, 0.3) is 61.4 Å². The van der Waals surface area contributed by atoms with Crippen LogP contribution in [0.2, 0.25) is 0 Å². The first-order valence-corrected chi connectivity index (χ1v) is 19.8. The zero-order valence-electron chi connectivity index (χ0n) is 31.6. The second-order valence-electron chi connectivity index (χ2n) is 15.3. The average Bonchev–Trinajstić information content (AvgIpc) is 3.86. The summed E-state index contributed by atoms with van der Waals surface area (Å²) in [5.41, 5.74) is 20.1. The number of nitrogens with two attached hydrogens (primary N) is 1. The van der Waals surface area contributed by atoms with Gasteiger partial charge in [0.15, 0.2) is 0 Å². The van der Waals surface area contributed by atoms with E-state index in [0.29, 0.717) is 0 Å². The summed E-state index contributed by atoms with van der Waals surface area (Å²) in [6.07, 6.45) is 13.3. The third kappa shape index (κ3) is 4.83. The van der Waals surface area contributed by atoms with Crippen molar-refractivity contribution >= 4 is 44.7 Å². The largest absolute Gasteiger partial charge is 0.384 e. The highest BCUT2D eigenvalue weighted by atomic mass is 15.1. The van der Waals surface area contributed by atoms with Crippen molar-refractivity contribution in [1.29, 1.82) is 0 Å². The Bertz CT molecular complexity index is 3030. The molecule has 0 bridgehead atoms. The molecular formula is C53H40N4. The van der Waals surface area contributed by atoms with E-state index in [-0.39, 0.29) is 17.3 Å². The van der Waals surface area contributed by atoms with E-state index in [1.165, 1.54) is 27.5 Å². The van der Waals surface area contributed by atoms with Crippen LogP contribution in [-0.4, -0.2) is 14.1 Å². The molecule has 0 radical (unpaired) electrons. The summed E-state index contributed by atoms with van der Waals surface area (Å²) in [6, 6.07) is 59.3. The number of benzene rings is 6. The van der Waals surface area contributed by atoms with Gasteiger partial charge in [-0.2, -0.15) is 0 Å². The quantitative estimate of drug-likeness (QED) is 0.185. The highest BCUT2D eigenvalue weighted by molar-refractivity contribution is 6.08. The van der Waals surface area contributed by atoms with Crippen LogP contribution in [0.3, 0.4) is 0 Å². The average molecular weight is 733 g/mol. The molecule has 2 atom stereocenters. The second-order valence-corrected chi connectivity index (χ2v) is 15.3. The topological polar surface area (TPSA) is 48.8 Å². The van der Waals surface area contributed by atoms with Crippen LogP contribution in [-0.2, 0) is 5.41 Å². The van der Waals surface area contributed by atoms with Gasteiger partial charge in [-0.15, -0.1) is 0 Å². The lowest BCUT2D eigenvalue weighted by molar-refractivity contribution is 0.455. The minimum atomic E-state index is -0.389. The molecule has 0 fully saturated rings. The zero-order valence-corrected chi connectivity index (χ0v) is 31.6. The number of allylic oxidation sites excluding steroid dienone is 5. The number of anilines is 1. The Morgan fingerprint density at radius 3 is 1.75 bits per heavy atom. The minimum Gasteiger partial charge on any atom is -0.384 e. The number of aromatic nitrogens is 3. The zero-order chi connectivity index (χ0) is 38.1. The minimum absolute atomic E-state index is 0.140. The van der Waals surface area contributed by atoms with Gasteiger partial charge in [0.2, 0.25) is 0 Å². The summed E-state index contributed by atoms with van der Waals surface area (Å²) in [5, 5.41) is 3.52. The van der Waals surface area contributed by atoms with Crippen LogP contribution in [0.5, 0.6) is 0 Å². The van der Waals surface area contributed by atoms with Crippen LogP contribution < -0.4 is 5.73 Å². The number of nitrogens with zero attached hydrogens (tertiary/aromatic N) is 3. The lowest BCUT2D eigenvalue weighted by Gasteiger charge is -2.38. The normalized spacial score (nSPS) is 16.9. The molecule has 4 heteroatoms. The summed E-state index contributed by atoms with van der Waals surface area (Å²) in [4.78, 5) is 5.72.